The van der Waals surface area contributed by atoms with Gasteiger partial charge in [0.25, 0.3) is 0 Å². The Morgan fingerprint density at radius 3 is 2.35 bits per heavy atom. The summed E-state index contributed by atoms with van der Waals surface area (Å²) in [5.74, 6) is 0. The van der Waals surface area contributed by atoms with Crippen LogP contribution in [0, 0.1) is 0 Å². The van der Waals surface area contributed by atoms with Gasteiger partial charge in [0.15, 0.2) is 0 Å². The molecule has 0 atom stereocenters. The molecule has 0 spiro atoms. The maximum absolute atomic E-state index is 11.8. The van der Waals surface area contributed by atoms with Gasteiger partial charge in [0.1, 0.15) is 0 Å². The van der Waals surface area contributed by atoms with Crippen molar-refractivity contribution in [3.05, 3.63) is 23.2 Å². The van der Waals surface area contributed by atoms with Crippen molar-refractivity contribution in [3.63, 3.8) is 0 Å². The topological polar surface area (TPSA) is 49.4 Å². The van der Waals surface area contributed by atoms with Crippen LogP contribution in [0.2, 0.25) is 5.02 Å². The third kappa shape index (κ3) is 3.51. The van der Waals surface area contributed by atoms with Crippen molar-refractivity contribution >= 4 is 33.0 Å². The second-order valence-corrected chi connectivity index (χ2v) is 6.93. The predicted octanol–water partition coefficient (Wildman–Crippen LogP) is 2.56. The molecule has 0 aliphatic rings. The molecule has 96 valence electrons. The van der Waals surface area contributed by atoms with E-state index >= 15 is 0 Å². The molecule has 1 rings (SSSR count). The van der Waals surface area contributed by atoms with Crippen molar-refractivity contribution < 1.29 is 8.42 Å². The Labute approximate surface area is 108 Å². The molecule has 0 aromatic heterocycles. The number of nitrogens with zero attached hydrogens (tertiary/aromatic N) is 1. The average molecular weight is 277 g/mol. The SMILES string of the molecule is CC(C)S(=O)(=O)Nc1cc(Cl)ccc1N(C)C. The lowest BCUT2D eigenvalue weighted by Crippen LogP contribution is -2.24. The quantitative estimate of drug-likeness (QED) is 0.919. The van der Waals surface area contributed by atoms with Crippen molar-refractivity contribution in [3.8, 4) is 0 Å². The highest BCUT2D eigenvalue weighted by Gasteiger charge is 2.18. The number of hydrogen-bond acceptors (Lipinski definition) is 3. The van der Waals surface area contributed by atoms with E-state index in [0.29, 0.717) is 10.7 Å². The van der Waals surface area contributed by atoms with E-state index in [1.807, 2.05) is 19.0 Å². The van der Waals surface area contributed by atoms with Gasteiger partial charge in [0.2, 0.25) is 10.0 Å². The van der Waals surface area contributed by atoms with E-state index in [2.05, 4.69) is 4.72 Å². The summed E-state index contributed by atoms with van der Waals surface area (Å²) < 4.78 is 26.2. The van der Waals surface area contributed by atoms with Crippen molar-refractivity contribution in [2.24, 2.45) is 0 Å². The molecule has 17 heavy (non-hydrogen) atoms. The largest absolute Gasteiger partial charge is 0.376 e. The Balaban J connectivity index is 3.18. The van der Waals surface area contributed by atoms with Crippen LogP contribution < -0.4 is 9.62 Å². The van der Waals surface area contributed by atoms with Crippen molar-refractivity contribution in [1.82, 2.24) is 0 Å². The normalized spacial score (nSPS) is 11.6. The monoisotopic (exact) mass is 276 g/mol. The number of sulfonamides is 1. The minimum absolute atomic E-state index is 0.489. The number of anilines is 2. The minimum atomic E-state index is -3.36. The van der Waals surface area contributed by atoms with Gasteiger partial charge in [0.05, 0.1) is 16.6 Å². The molecule has 1 aromatic carbocycles. The Hall–Kier alpha value is -0.940. The van der Waals surface area contributed by atoms with E-state index in [9.17, 15) is 8.42 Å². The lowest BCUT2D eigenvalue weighted by atomic mass is 10.2. The van der Waals surface area contributed by atoms with Gasteiger partial charge in [-0.05, 0) is 32.0 Å². The molecule has 0 bridgehead atoms. The van der Waals surface area contributed by atoms with E-state index < -0.39 is 15.3 Å². The fourth-order valence-electron chi connectivity index (χ4n) is 1.25. The summed E-state index contributed by atoms with van der Waals surface area (Å²) in [5, 5.41) is 0.00792. The van der Waals surface area contributed by atoms with Crippen LogP contribution in [0.4, 0.5) is 11.4 Å². The van der Waals surface area contributed by atoms with Crippen LogP contribution in [-0.2, 0) is 10.0 Å². The van der Waals surface area contributed by atoms with Gasteiger partial charge in [-0.1, -0.05) is 11.6 Å². The molecule has 0 unspecified atom stereocenters. The zero-order valence-electron chi connectivity index (χ0n) is 10.4. The molecule has 0 heterocycles. The highest BCUT2D eigenvalue weighted by atomic mass is 35.5. The lowest BCUT2D eigenvalue weighted by Gasteiger charge is -2.19. The van der Waals surface area contributed by atoms with Gasteiger partial charge < -0.3 is 4.90 Å². The molecule has 0 aliphatic carbocycles. The maximum Gasteiger partial charge on any atom is 0.235 e. The minimum Gasteiger partial charge on any atom is -0.376 e. The number of rotatable bonds is 4. The maximum atomic E-state index is 11.8. The Bertz CT molecular complexity index is 498. The van der Waals surface area contributed by atoms with Crippen LogP contribution in [0.3, 0.4) is 0 Å². The number of benzene rings is 1. The highest BCUT2D eigenvalue weighted by molar-refractivity contribution is 7.93. The summed E-state index contributed by atoms with van der Waals surface area (Å²) >= 11 is 5.88. The summed E-state index contributed by atoms with van der Waals surface area (Å²) in [5.41, 5.74) is 1.27. The molecule has 4 nitrogen and oxygen atoms in total. The van der Waals surface area contributed by atoms with E-state index in [1.165, 1.54) is 0 Å². The van der Waals surface area contributed by atoms with Crippen LogP contribution >= 0.6 is 11.6 Å². The average Bonchev–Trinajstić information content (AvgIpc) is 2.15. The zero-order valence-corrected chi connectivity index (χ0v) is 11.9. The molecule has 0 saturated heterocycles. The van der Waals surface area contributed by atoms with Crippen LogP contribution in [0.15, 0.2) is 18.2 Å². The number of halogens is 1. The standard InChI is InChI=1S/C11H17ClN2O2S/c1-8(2)17(15,16)13-10-7-9(12)5-6-11(10)14(3)4/h5-8,13H,1-4H3. The van der Waals surface area contributed by atoms with Crippen molar-refractivity contribution in [1.29, 1.82) is 0 Å². The van der Waals surface area contributed by atoms with Gasteiger partial charge in [-0.3, -0.25) is 4.72 Å². The van der Waals surface area contributed by atoms with Crippen molar-refractivity contribution in [2.75, 3.05) is 23.7 Å². The first-order chi connectivity index (χ1) is 7.74. The van der Waals surface area contributed by atoms with Gasteiger partial charge in [-0.2, -0.15) is 0 Å². The highest BCUT2D eigenvalue weighted by Crippen LogP contribution is 2.29. The van der Waals surface area contributed by atoms with E-state index in [0.717, 1.165) is 5.69 Å². The van der Waals surface area contributed by atoms with E-state index in [1.54, 1.807) is 32.0 Å². The molecule has 0 fully saturated rings. The molecular formula is C11H17ClN2O2S. The molecule has 0 radical (unpaired) electrons. The summed E-state index contributed by atoms with van der Waals surface area (Å²) in [7, 11) is 0.328. The van der Waals surface area contributed by atoms with Gasteiger partial charge in [0, 0.05) is 19.1 Å². The summed E-state index contributed by atoms with van der Waals surface area (Å²) in [6.07, 6.45) is 0. The van der Waals surface area contributed by atoms with E-state index in [4.69, 9.17) is 11.6 Å². The Morgan fingerprint density at radius 1 is 1.29 bits per heavy atom. The first kappa shape index (κ1) is 14.1. The van der Waals surface area contributed by atoms with Gasteiger partial charge in [-0.25, -0.2) is 8.42 Å². The van der Waals surface area contributed by atoms with E-state index in [-0.39, 0.29) is 0 Å². The predicted molar refractivity (Wildman–Crippen MR) is 73.5 cm³/mol. The second kappa shape index (κ2) is 5.14. The molecule has 6 heteroatoms. The summed E-state index contributed by atoms with van der Waals surface area (Å²) in [4.78, 5) is 1.83. The first-order valence-electron chi connectivity index (χ1n) is 5.22. The molecule has 1 N–H and O–H groups in total. The Morgan fingerprint density at radius 2 is 1.88 bits per heavy atom. The smallest absolute Gasteiger partial charge is 0.235 e. The first-order valence-corrected chi connectivity index (χ1v) is 7.15. The third-order valence-electron chi connectivity index (χ3n) is 2.31. The van der Waals surface area contributed by atoms with Gasteiger partial charge in [-0.15, -0.1) is 0 Å². The second-order valence-electron chi connectivity index (χ2n) is 4.25. The summed E-state index contributed by atoms with van der Waals surface area (Å²) in [6, 6.07) is 5.11. The molecule has 0 saturated carbocycles. The fraction of sp³-hybridized carbons (Fsp3) is 0.455. The number of hydrogen-bond donors (Lipinski definition) is 1. The van der Waals surface area contributed by atoms with Crippen molar-refractivity contribution in [2.45, 2.75) is 19.1 Å². The lowest BCUT2D eigenvalue weighted by molar-refractivity contribution is 0.593. The third-order valence-corrected chi connectivity index (χ3v) is 4.29. The van der Waals surface area contributed by atoms with Crippen LogP contribution in [0.25, 0.3) is 0 Å². The Kier molecular flexibility index (Phi) is 4.27. The molecule has 0 aliphatic heterocycles. The van der Waals surface area contributed by atoms with Crippen LogP contribution in [-0.4, -0.2) is 27.8 Å². The van der Waals surface area contributed by atoms with Crippen LogP contribution in [0.1, 0.15) is 13.8 Å². The molecular weight excluding hydrogens is 260 g/mol. The fourth-order valence-corrected chi connectivity index (χ4v) is 2.13. The van der Waals surface area contributed by atoms with Gasteiger partial charge >= 0.3 is 0 Å². The van der Waals surface area contributed by atoms with Crippen LogP contribution in [0.5, 0.6) is 0 Å². The summed E-state index contributed by atoms with van der Waals surface area (Å²) in [6.45, 7) is 3.25. The zero-order chi connectivity index (χ0) is 13.2. The number of nitrogens with one attached hydrogen (secondary N) is 1. The molecule has 0 amide bonds. The molecule has 1 aromatic rings.